The number of aromatic nitrogens is 1. The first kappa shape index (κ1) is 14.5. The summed E-state index contributed by atoms with van der Waals surface area (Å²) < 4.78 is 4.10. The average molecular weight is 300 g/mol. The van der Waals surface area contributed by atoms with Gasteiger partial charge in [0.05, 0.1) is 0 Å². The maximum Gasteiger partial charge on any atom is 0.258 e. The Kier molecular flexibility index (Phi) is 4.93. The summed E-state index contributed by atoms with van der Waals surface area (Å²) in [5.41, 5.74) is 6.31. The predicted octanol–water partition coefficient (Wildman–Crippen LogP) is 2.17. The molecule has 2 rings (SSSR count). The molecule has 1 aromatic rings. The van der Waals surface area contributed by atoms with E-state index in [1.54, 1.807) is 0 Å². The first-order valence-corrected chi connectivity index (χ1v) is 8.41. The number of hydrogen-bond acceptors (Lipinski definition) is 6. The van der Waals surface area contributed by atoms with E-state index in [0.29, 0.717) is 17.4 Å². The third-order valence-corrected chi connectivity index (χ3v) is 4.76. The summed E-state index contributed by atoms with van der Waals surface area (Å²) in [5.74, 6) is 2.50. The second-order valence-electron chi connectivity index (χ2n) is 4.93. The van der Waals surface area contributed by atoms with Crippen LogP contribution >= 0.6 is 23.3 Å². The van der Waals surface area contributed by atoms with Gasteiger partial charge in [0.2, 0.25) is 0 Å². The molecule has 1 aliphatic heterocycles. The number of hydrogen-bond donors (Lipinski definition) is 3. The van der Waals surface area contributed by atoms with Crippen molar-refractivity contribution in [1.29, 1.82) is 0 Å². The Balaban J connectivity index is 2.10. The van der Waals surface area contributed by atoms with Crippen LogP contribution in [0.15, 0.2) is 0 Å². The van der Waals surface area contributed by atoms with Crippen molar-refractivity contribution in [2.24, 2.45) is 0 Å². The van der Waals surface area contributed by atoms with E-state index in [-0.39, 0.29) is 11.9 Å². The third kappa shape index (κ3) is 3.76. The molecule has 0 aromatic carbocycles. The lowest BCUT2D eigenvalue weighted by atomic mass is 10.1. The van der Waals surface area contributed by atoms with Crippen molar-refractivity contribution < 1.29 is 4.79 Å². The molecule has 0 atom stereocenters. The first-order valence-electron chi connectivity index (χ1n) is 6.48. The second kappa shape index (κ2) is 6.47. The van der Waals surface area contributed by atoms with Crippen molar-refractivity contribution in [2.75, 3.05) is 22.6 Å². The highest BCUT2D eigenvalue weighted by Crippen LogP contribution is 2.30. The summed E-state index contributed by atoms with van der Waals surface area (Å²) in [6, 6.07) is 0.512. The molecular weight excluding hydrogens is 280 g/mol. The van der Waals surface area contributed by atoms with Gasteiger partial charge in [-0.2, -0.15) is 16.1 Å². The van der Waals surface area contributed by atoms with Crippen molar-refractivity contribution in [2.45, 2.75) is 38.8 Å². The Hall–Kier alpha value is -0.950. The van der Waals surface area contributed by atoms with Crippen molar-refractivity contribution in [3.05, 3.63) is 5.56 Å². The molecule has 19 heavy (non-hydrogen) atoms. The van der Waals surface area contributed by atoms with Crippen LogP contribution in [0.1, 0.15) is 37.0 Å². The Morgan fingerprint density at radius 1 is 1.42 bits per heavy atom. The maximum atomic E-state index is 12.1. The molecule has 4 N–H and O–H groups in total. The molecule has 106 valence electrons. The number of nitrogen functional groups attached to an aromatic ring is 1. The molecule has 1 aliphatic rings. The summed E-state index contributed by atoms with van der Waals surface area (Å²) in [4.78, 5) is 12.1. The molecule has 0 spiro atoms. The highest BCUT2D eigenvalue weighted by molar-refractivity contribution is 7.99. The molecule has 0 radical (unpaired) electrons. The molecule has 0 unspecified atom stereocenters. The maximum absolute atomic E-state index is 12.1. The Morgan fingerprint density at radius 3 is 2.74 bits per heavy atom. The molecule has 0 bridgehead atoms. The molecule has 1 amide bonds. The van der Waals surface area contributed by atoms with Gasteiger partial charge < -0.3 is 16.4 Å². The van der Waals surface area contributed by atoms with Crippen molar-refractivity contribution in [3.8, 4) is 0 Å². The van der Waals surface area contributed by atoms with Crippen LogP contribution in [0.4, 0.5) is 10.8 Å². The lowest BCUT2D eigenvalue weighted by Gasteiger charge is -2.23. The van der Waals surface area contributed by atoms with E-state index in [4.69, 9.17) is 5.73 Å². The minimum atomic E-state index is -0.145. The van der Waals surface area contributed by atoms with Crippen LogP contribution < -0.4 is 16.4 Å². The monoisotopic (exact) mass is 300 g/mol. The Labute approximate surface area is 121 Å². The minimum Gasteiger partial charge on any atom is -0.382 e. The summed E-state index contributed by atoms with van der Waals surface area (Å²) in [6.45, 7) is 3.86. The third-order valence-electron chi connectivity index (χ3n) is 2.92. The molecule has 7 heteroatoms. The molecule has 2 heterocycles. The zero-order valence-electron chi connectivity index (χ0n) is 11.2. The van der Waals surface area contributed by atoms with E-state index >= 15 is 0 Å². The van der Waals surface area contributed by atoms with E-state index in [1.807, 2.05) is 25.6 Å². The molecule has 1 fully saturated rings. The standard InChI is InChI=1S/C12H20N4OS2/c1-7(2)14-11(17)9-10(13)16-19-12(9)15-8-3-5-18-6-4-8/h7-8,15H,3-6H2,1-2H3,(H2,13,16)(H,14,17). The number of nitrogens with one attached hydrogen (secondary N) is 2. The van der Waals surface area contributed by atoms with Gasteiger partial charge in [-0.25, -0.2) is 0 Å². The van der Waals surface area contributed by atoms with Crippen molar-refractivity contribution >= 4 is 40.0 Å². The van der Waals surface area contributed by atoms with Crippen molar-refractivity contribution in [3.63, 3.8) is 0 Å². The first-order chi connectivity index (χ1) is 9.08. The Bertz CT molecular complexity index is 441. The number of thioether (sulfide) groups is 1. The van der Waals surface area contributed by atoms with Gasteiger partial charge in [-0.3, -0.25) is 4.79 Å². The van der Waals surface area contributed by atoms with Gasteiger partial charge in [-0.1, -0.05) is 0 Å². The van der Waals surface area contributed by atoms with Gasteiger partial charge in [0, 0.05) is 12.1 Å². The van der Waals surface area contributed by atoms with Crippen LogP contribution in [-0.4, -0.2) is 33.9 Å². The number of carbonyl (C=O) groups excluding carboxylic acids is 1. The zero-order chi connectivity index (χ0) is 13.8. The van der Waals surface area contributed by atoms with E-state index < -0.39 is 0 Å². The molecule has 0 saturated carbocycles. The van der Waals surface area contributed by atoms with Crippen LogP contribution in [0.25, 0.3) is 0 Å². The van der Waals surface area contributed by atoms with Crippen molar-refractivity contribution in [1.82, 2.24) is 9.69 Å². The molecule has 1 aromatic heterocycles. The van der Waals surface area contributed by atoms with Gasteiger partial charge in [-0.15, -0.1) is 0 Å². The number of nitrogens with two attached hydrogens (primary N) is 1. The second-order valence-corrected chi connectivity index (χ2v) is 6.93. The highest BCUT2D eigenvalue weighted by Gasteiger charge is 2.22. The molecule has 0 aliphatic carbocycles. The van der Waals surface area contributed by atoms with Gasteiger partial charge in [0.1, 0.15) is 10.6 Å². The number of anilines is 2. The Morgan fingerprint density at radius 2 is 2.11 bits per heavy atom. The SMILES string of the molecule is CC(C)NC(=O)c1c(N)nsc1NC1CCSCC1. The smallest absolute Gasteiger partial charge is 0.258 e. The quantitative estimate of drug-likeness (QED) is 0.794. The summed E-state index contributed by atoms with van der Waals surface area (Å²) >= 11 is 3.25. The van der Waals surface area contributed by atoms with Gasteiger partial charge in [0.15, 0.2) is 5.82 Å². The average Bonchev–Trinajstić information content (AvgIpc) is 2.71. The van der Waals surface area contributed by atoms with Crippen LogP contribution in [0.5, 0.6) is 0 Å². The molecule has 5 nitrogen and oxygen atoms in total. The van der Waals surface area contributed by atoms with Crippen LogP contribution in [-0.2, 0) is 0 Å². The fraction of sp³-hybridized carbons (Fsp3) is 0.667. The van der Waals surface area contributed by atoms with Gasteiger partial charge >= 0.3 is 0 Å². The fourth-order valence-electron chi connectivity index (χ4n) is 1.98. The molecule has 1 saturated heterocycles. The van der Waals surface area contributed by atoms with E-state index in [0.717, 1.165) is 17.8 Å². The predicted molar refractivity (Wildman–Crippen MR) is 83.1 cm³/mol. The lowest BCUT2D eigenvalue weighted by Crippen LogP contribution is -2.32. The van der Waals surface area contributed by atoms with E-state index in [2.05, 4.69) is 15.0 Å². The fourth-order valence-corrected chi connectivity index (χ4v) is 3.88. The van der Waals surface area contributed by atoms with Crippen LogP contribution in [0.2, 0.25) is 0 Å². The largest absolute Gasteiger partial charge is 0.382 e. The van der Waals surface area contributed by atoms with Crippen LogP contribution in [0.3, 0.4) is 0 Å². The van der Waals surface area contributed by atoms with Gasteiger partial charge in [0.25, 0.3) is 5.91 Å². The van der Waals surface area contributed by atoms with E-state index in [1.165, 1.54) is 23.0 Å². The zero-order valence-corrected chi connectivity index (χ0v) is 12.9. The minimum absolute atomic E-state index is 0.0886. The summed E-state index contributed by atoms with van der Waals surface area (Å²) in [5, 5.41) is 7.09. The highest BCUT2D eigenvalue weighted by atomic mass is 32.2. The van der Waals surface area contributed by atoms with Crippen LogP contribution in [0, 0.1) is 0 Å². The van der Waals surface area contributed by atoms with E-state index in [9.17, 15) is 4.79 Å². The topological polar surface area (TPSA) is 80.0 Å². The molecular formula is C12H20N4OS2. The number of carbonyl (C=O) groups is 1. The van der Waals surface area contributed by atoms with Gasteiger partial charge in [-0.05, 0) is 49.7 Å². The normalized spacial score (nSPS) is 16.6. The lowest BCUT2D eigenvalue weighted by molar-refractivity contribution is 0.0945. The number of nitrogens with zero attached hydrogens (tertiary/aromatic N) is 1. The number of amides is 1. The summed E-state index contributed by atoms with van der Waals surface area (Å²) in [6.07, 6.45) is 2.24. The summed E-state index contributed by atoms with van der Waals surface area (Å²) in [7, 11) is 0. The number of rotatable bonds is 4.